The van der Waals surface area contributed by atoms with E-state index in [-0.39, 0.29) is 6.04 Å². The first-order valence-electron chi connectivity index (χ1n) is 6.31. The fourth-order valence-electron chi connectivity index (χ4n) is 1.98. The molecule has 2 rings (SSSR count). The molecule has 0 heterocycles. The summed E-state index contributed by atoms with van der Waals surface area (Å²) in [4.78, 5) is 0.195. The second kappa shape index (κ2) is 6.09. The molecular formula is C14H16ClN3O2S. The molecule has 1 aliphatic carbocycles. The Labute approximate surface area is 129 Å². The van der Waals surface area contributed by atoms with E-state index in [0.29, 0.717) is 0 Å². The van der Waals surface area contributed by atoms with Gasteiger partial charge in [0.2, 0.25) is 0 Å². The molecule has 0 aliphatic heterocycles. The number of rotatable bonds is 4. The monoisotopic (exact) mass is 325 g/mol. The zero-order valence-corrected chi connectivity index (χ0v) is 13.3. The lowest BCUT2D eigenvalue weighted by atomic mass is 10.1. The highest BCUT2D eigenvalue weighted by molar-refractivity contribution is 8.15. The number of nitrogens with zero attached hydrogens (tertiary/aromatic N) is 3. The molecule has 0 saturated heterocycles. The summed E-state index contributed by atoms with van der Waals surface area (Å²) in [5.74, 6) is 0. The van der Waals surface area contributed by atoms with Gasteiger partial charge in [-0.3, -0.25) is 4.90 Å². The summed E-state index contributed by atoms with van der Waals surface area (Å²) in [7, 11) is 5.04. The number of halogens is 1. The maximum atomic E-state index is 11.8. The molecule has 7 heteroatoms. The van der Waals surface area contributed by atoms with Crippen LogP contribution >= 0.6 is 10.7 Å². The molecule has 0 fully saturated rings. The predicted octanol–water partition coefficient (Wildman–Crippen LogP) is 3.09. The second-order valence-corrected chi connectivity index (χ2v) is 7.59. The van der Waals surface area contributed by atoms with Gasteiger partial charge in [-0.05, 0) is 38.4 Å². The Morgan fingerprint density at radius 2 is 1.71 bits per heavy atom. The number of likely N-dealkylation sites (N-methyl/N-ethyl adjacent to an activating group) is 1. The standard InChI is InChI=1S/C14H16ClN3O2S/c1-18(2)14(21(15,19)20)10-8-13(9-11-14)17-16-12-6-4-3-5-7-12/h3-11,13H,1-2H3/b17-16+. The van der Waals surface area contributed by atoms with Crippen molar-refractivity contribution in [3.05, 3.63) is 54.6 Å². The van der Waals surface area contributed by atoms with Crippen LogP contribution in [0.15, 0.2) is 64.9 Å². The van der Waals surface area contributed by atoms with Gasteiger partial charge >= 0.3 is 0 Å². The molecule has 5 nitrogen and oxygen atoms in total. The molecule has 0 bridgehead atoms. The van der Waals surface area contributed by atoms with Crippen LogP contribution in [0.1, 0.15) is 0 Å². The zero-order valence-electron chi connectivity index (χ0n) is 11.7. The number of hydrogen-bond donors (Lipinski definition) is 0. The summed E-state index contributed by atoms with van der Waals surface area (Å²) >= 11 is 0. The third-order valence-electron chi connectivity index (χ3n) is 3.22. The van der Waals surface area contributed by atoms with E-state index in [1.807, 2.05) is 30.3 Å². The second-order valence-electron chi connectivity index (χ2n) is 4.84. The van der Waals surface area contributed by atoms with Crippen molar-refractivity contribution in [1.82, 2.24) is 4.90 Å². The van der Waals surface area contributed by atoms with Crippen LogP contribution in [0.5, 0.6) is 0 Å². The first kappa shape index (κ1) is 15.9. The average molecular weight is 326 g/mol. The first-order valence-corrected chi connectivity index (χ1v) is 8.62. The highest BCUT2D eigenvalue weighted by Crippen LogP contribution is 2.31. The molecule has 0 N–H and O–H groups in total. The largest absolute Gasteiger partial charge is 0.283 e. The van der Waals surface area contributed by atoms with Gasteiger partial charge in [-0.15, -0.1) is 0 Å². The summed E-state index contributed by atoms with van der Waals surface area (Å²) in [5.41, 5.74) is 0.744. The fraction of sp³-hybridized carbons (Fsp3) is 0.286. The Morgan fingerprint density at radius 3 is 2.19 bits per heavy atom. The summed E-state index contributed by atoms with van der Waals surface area (Å²) < 4.78 is 23.6. The highest BCUT2D eigenvalue weighted by Gasteiger charge is 2.41. The maximum absolute atomic E-state index is 11.8. The highest BCUT2D eigenvalue weighted by atomic mass is 35.7. The van der Waals surface area contributed by atoms with Crippen LogP contribution in [0.25, 0.3) is 0 Å². The molecule has 1 aliphatic rings. The lowest BCUT2D eigenvalue weighted by Crippen LogP contribution is -2.46. The lowest BCUT2D eigenvalue weighted by Gasteiger charge is -2.33. The van der Waals surface area contributed by atoms with Gasteiger partial charge in [-0.2, -0.15) is 10.2 Å². The molecule has 0 radical (unpaired) electrons. The smallest absolute Gasteiger partial charge is 0.259 e. The maximum Gasteiger partial charge on any atom is 0.259 e. The minimum absolute atomic E-state index is 0.309. The number of azo groups is 1. The van der Waals surface area contributed by atoms with Crippen LogP contribution in [0, 0.1) is 0 Å². The van der Waals surface area contributed by atoms with Crippen molar-refractivity contribution >= 4 is 25.4 Å². The Balaban J connectivity index is 2.19. The Bertz CT molecular complexity index is 667. The summed E-state index contributed by atoms with van der Waals surface area (Å²) in [5, 5.41) is 8.27. The minimum atomic E-state index is -3.83. The van der Waals surface area contributed by atoms with Gasteiger partial charge in [0.25, 0.3) is 9.05 Å². The van der Waals surface area contributed by atoms with Crippen LogP contribution in [-0.4, -0.2) is 38.3 Å². The molecule has 112 valence electrons. The van der Waals surface area contributed by atoms with Gasteiger partial charge in [0.05, 0.1) is 5.69 Å². The minimum Gasteiger partial charge on any atom is -0.283 e. The van der Waals surface area contributed by atoms with Crippen molar-refractivity contribution in [3.63, 3.8) is 0 Å². The summed E-state index contributed by atoms with van der Waals surface area (Å²) in [6, 6.07) is 9.02. The van der Waals surface area contributed by atoms with E-state index in [1.165, 1.54) is 17.1 Å². The van der Waals surface area contributed by atoms with Crippen LogP contribution in [0.3, 0.4) is 0 Å². The van der Waals surface area contributed by atoms with Gasteiger partial charge in [0.1, 0.15) is 6.04 Å². The van der Waals surface area contributed by atoms with E-state index >= 15 is 0 Å². The van der Waals surface area contributed by atoms with E-state index in [2.05, 4.69) is 10.2 Å². The molecule has 1 aromatic carbocycles. The van der Waals surface area contributed by atoms with Crippen LogP contribution in [0.4, 0.5) is 5.69 Å². The SMILES string of the molecule is CN(C)C1(S(=O)(=O)Cl)C=CC(/N=N/c2ccccc2)C=C1. The van der Waals surface area contributed by atoms with Crippen molar-refractivity contribution in [2.75, 3.05) is 14.1 Å². The van der Waals surface area contributed by atoms with Crippen molar-refractivity contribution in [3.8, 4) is 0 Å². The Morgan fingerprint density at radius 1 is 1.14 bits per heavy atom. The van der Waals surface area contributed by atoms with Crippen LogP contribution in [0.2, 0.25) is 0 Å². The summed E-state index contributed by atoms with van der Waals surface area (Å²) in [6.07, 6.45) is 6.41. The molecule has 0 amide bonds. The summed E-state index contributed by atoms with van der Waals surface area (Å²) in [6.45, 7) is 0. The van der Waals surface area contributed by atoms with Gasteiger partial charge in [-0.1, -0.05) is 30.4 Å². The fourth-order valence-corrected chi connectivity index (χ4v) is 3.62. The van der Waals surface area contributed by atoms with Gasteiger partial charge in [0, 0.05) is 10.7 Å². The Kier molecular flexibility index (Phi) is 4.61. The topological polar surface area (TPSA) is 62.1 Å². The average Bonchev–Trinajstić information content (AvgIpc) is 2.45. The third kappa shape index (κ3) is 3.40. The predicted molar refractivity (Wildman–Crippen MR) is 84.2 cm³/mol. The van der Waals surface area contributed by atoms with Gasteiger partial charge in [-0.25, -0.2) is 8.42 Å². The van der Waals surface area contributed by atoms with Crippen LogP contribution in [-0.2, 0) is 9.05 Å². The number of benzene rings is 1. The molecule has 0 aromatic heterocycles. The zero-order chi connectivity index (χ0) is 15.5. The quantitative estimate of drug-likeness (QED) is 0.485. The van der Waals surface area contributed by atoms with Crippen molar-refractivity contribution in [2.24, 2.45) is 10.2 Å². The first-order chi connectivity index (χ1) is 9.85. The molecule has 1 aromatic rings. The molecule has 21 heavy (non-hydrogen) atoms. The molecule has 0 saturated carbocycles. The lowest BCUT2D eigenvalue weighted by molar-refractivity contribution is 0.341. The number of hydrogen-bond acceptors (Lipinski definition) is 5. The molecule has 0 unspecified atom stereocenters. The van der Waals surface area contributed by atoms with E-state index in [9.17, 15) is 8.42 Å². The molecule has 0 atom stereocenters. The third-order valence-corrected chi connectivity index (χ3v) is 5.38. The van der Waals surface area contributed by atoms with Crippen molar-refractivity contribution in [2.45, 2.75) is 10.9 Å². The Hall–Kier alpha value is -1.50. The normalized spacial score (nSPS) is 25.8. The van der Waals surface area contributed by atoms with Crippen LogP contribution < -0.4 is 0 Å². The van der Waals surface area contributed by atoms with E-state index in [4.69, 9.17) is 10.7 Å². The van der Waals surface area contributed by atoms with E-state index in [0.717, 1.165) is 5.69 Å². The van der Waals surface area contributed by atoms with Gasteiger partial charge in [0.15, 0.2) is 4.87 Å². The van der Waals surface area contributed by atoms with Crippen molar-refractivity contribution in [1.29, 1.82) is 0 Å². The van der Waals surface area contributed by atoms with E-state index in [1.54, 1.807) is 26.2 Å². The molecule has 0 spiro atoms. The molecular weight excluding hydrogens is 310 g/mol. The van der Waals surface area contributed by atoms with E-state index < -0.39 is 13.9 Å². The van der Waals surface area contributed by atoms with Crippen molar-refractivity contribution < 1.29 is 8.42 Å². The van der Waals surface area contributed by atoms with Gasteiger partial charge < -0.3 is 0 Å².